The van der Waals surface area contributed by atoms with E-state index < -0.39 is 54.8 Å². The number of rotatable bonds is 10. The summed E-state index contributed by atoms with van der Waals surface area (Å²) < 4.78 is 18.9. The molecule has 4 N–H and O–H groups in total. The van der Waals surface area contributed by atoms with Gasteiger partial charge >= 0.3 is 12.1 Å². The van der Waals surface area contributed by atoms with E-state index in [1.807, 2.05) is 6.07 Å². The van der Waals surface area contributed by atoms with E-state index in [9.17, 15) is 28.9 Å². The van der Waals surface area contributed by atoms with E-state index in [1.165, 1.54) is 17.4 Å². The van der Waals surface area contributed by atoms with Gasteiger partial charge < -0.3 is 29.9 Å². The lowest BCUT2D eigenvalue weighted by atomic mass is 10.0. The van der Waals surface area contributed by atoms with Crippen molar-refractivity contribution >= 4 is 25.3 Å². The van der Waals surface area contributed by atoms with Crippen molar-refractivity contribution in [2.75, 3.05) is 12.7 Å². The molecule has 1 unspecified atom stereocenters. The van der Waals surface area contributed by atoms with Crippen LogP contribution in [-0.2, 0) is 31.7 Å². The predicted octanol–water partition coefficient (Wildman–Crippen LogP) is 3.01. The number of alkyl carbamates (subject to hydrolysis) is 1. The van der Waals surface area contributed by atoms with Crippen molar-refractivity contribution in [3.63, 3.8) is 0 Å². The first kappa shape index (κ1) is 28.4. The molecule has 1 aliphatic rings. The predicted molar refractivity (Wildman–Crippen MR) is 136 cm³/mol. The smallest absolute Gasteiger partial charge is 0.408 e. The number of nitrogens with one attached hydrogen (secondary N) is 2. The van der Waals surface area contributed by atoms with Crippen LogP contribution in [0.25, 0.3) is 0 Å². The van der Waals surface area contributed by atoms with Gasteiger partial charge in [0, 0.05) is 31.0 Å². The Hall–Kier alpha value is -3.17. The molecule has 1 saturated heterocycles. The van der Waals surface area contributed by atoms with E-state index in [2.05, 4.69) is 15.3 Å². The molecule has 4 atom stereocenters. The van der Waals surface area contributed by atoms with Gasteiger partial charge in [0.1, 0.15) is 17.4 Å². The van der Waals surface area contributed by atoms with Crippen molar-refractivity contribution in [1.29, 1.82) is 0 Å². The third-order valence-electron chi connectivity index (χ3n) is 6.09. The molecule has 1 aromatic heterocycles. The summed E-state index contributed by atoms with van der Waals surface area (Å²) in [4.78, 5) is 57.3. The Labute approximate surface area is 216 Å². The normalized spacial score (nSPS) is 19.0. The lowest BCUT2D eigenvalue weighted by molar-refractivity contribution is -0.141. The Balaban J connectivity index is 1.78. The van der Waals surface area contributed by atoms with Crippen molar-refractivity contribution in [2.24, 2.45) is 5.92 Å². The van der Waals surface area contributed by atoms with Crippen molar-refractivity contribution in [3.8, 4) is 0 Å². The molecule has 202 valence electrons. The minimum atomic E-state index is -4.11. The number of hydrogen-bond acceptors (Lipinski definition) is 6. The fourth-order valence-corrected chi connectivity index (χ4v) is 6.87. The second kappa shape index (κ2) is 11.9. The summed E-state index contributed by atoms with van der Waals surface area (Å²) in [6.45, 7) is 5.32. The summed E-state index contributed by atoms with van der Waals surface area (Å²) in [5, 5.41) is 12.3. The highest BCUT2D eigenvalue weighted by atomic mass is 31.2. The second-order valence-corrected chi connectivity index (χ2v) is 12.8. The Morgan fingerprint density at radius 2 is 1.95 bits per heavy atom. The first-order chi connectivity index (χ1) is 17.4. The molecular formula is C25H35N4O7P. The van der Waals surface area contributed by atoms with E-state index >= 15 is 0 Å². The number of imidazole rings is 1. The van der Waals surface area contributed by atoms with Gasteiger partial charge in [-0.15, -0.1) is 0 Å². The molecule has 0 radical (unpaired) electrons. The van der Waals surface area contributed by atoms with Gasteiger partial charge in [0.15, 0.2) is 0 Å². The van der Waals surface area contributed by atoms with Gasteiger partial charge in [-0.05, 0) is 45.6 Å². The zero-order valence-corrected chi connectivity index (χ0v) is 22.2. The Bertz CT molecular complexity index is 1120. The van der Waals surface area contributed by atoms with Crippen LogP contribution in [0.5, 0.6) is 0 Å². The van der Waals surface area contributed by atoms with Gasteiger partial charge in [-0.2, -0.15) is 0 Å². The number of carboxylic acids is 1. The van der Waals surface area contributed by atoms with Crippen molar-refractivity contribution in [1.82, 2.24) is 20.2 Å². The first-order valence-electron chi connectivity index (χ1n) is 12.2. The number of carboxylic acid groups (broad SMARTS) is 1. The monoisotopic (exact) mass is 534 g/mol. The summed E-state index contributed by atoms with van der Waals surface area (Å²) in [7, 11) is -4.11. The van der Waals surface area contributed by atoms with Crippen LogP contribution < -0.4 is 5.32 Å². The maximum Gasteiger partial charge on any atom is 0.408 e. The third-order valence-corrected chi connectivity index (χ3v) is 8.53. The van der Waals surface area contributed by atoms with Crippen LogP contribution in [0.3, 0.4) is 0 Å². The molecule has 0 bridgehead atoms. The number of H-pyrrole nitrogens is 1. The van der Waals surface area contributed by atoms with E-state index in [0.29, 0.717) is 12.1 Å². The van der Waals surface area contributed by atoms with Crippen LogP contribution in [0.15, 0.2) is 42.9 Å². The number of nitrogens with zero attached hydrogens (tertiary/aromatic N) is 2. The molecular weight excluding hydrogens is 499 g/mol. The SMILES string of the molecule is CC(C)(C)OC(=O)N[C@@H](Cc1cnc[nH]1)C(=O)N1CCC[C@@H]1P(=O)(O)C[C@@H](Cc1ccccc1)C(=O)O. The summed E-state index contributed by atoms with van der Waals surface area (Å²) >= 11 is 0. The van der Waals surface area contributed by atoms with Gasteiger partial charge in [0.25, 0.3) is 0 Å². The van der Waals surface area contributed by atoms with Crippen molar-refractivity contribution < 1.29 is 33.7 Å². The number of hydrogen-bond donors (Lipinski definition) is 4. The average Bonchev–Trinajstić information content (AvgIpc) is 3.49. The number of aliphatic carboxylic acids is 1. The zero-order valence-electron chi connectivity index (χ0n) is 21.3. The number of carbonyl (C=O) groups excluding carboxylic acids is 2. The molecule has 0 saturated carbocycles. The number of carbonyl (C=O) groups is 3. The zero-order chi connectivity index (χ0) is 27.2. The minimum absolute atomic E-state index is 0.0722. The summed E-state index contributed by atoms with van der Waals surface area (Å²) in [5.41, 5.74) is 0.550. The molecule has 12 heteroatoms. The first-order valence-corrected chi connectivity index (χ1v) is 14.1. The van der Waals surface area contributed by atoms with Gasteiger partial charge in [-0.1, -0.05) is 30.3 Å². The molecule has 0 aliphatic carbocycles. The lowest BCUT2D eigenvalue weighted by Crippen LogP contribution is -2.52. The fourth-order valence-electron chi connectivity index (χ4n) is 4.46. The molecule has 37 heavy (non-hydrogen) atoms. The molecule has 2 amide bonds. The highest BCUT2D eigenvalue weighted by Crippen LogP contribution is 2.53. The van der Waals surface area contributed by atoms with Crippen molar-refractivity contribution in [2.45, 2.75) is 63.9 Å². The molecule has 1 aromatic carbocycles. The number of benzene rings is 1. The Morgan fingerprint density at radius 3 is 2.54 bits per heavy atom. The highest BCUT2D eigenvalue weighted by Gasteiger charge is 2.45. The maximum atomic E-state index is 13.6. The van der Waals surface area contributed by atoms with Crippen LogP contribution >= 0.6 is 7.37 Å². The Morgan fingerprint density at radius 1 is 1.24 bits per heavy atom. The number of aromatic nitrogens is 2. The van der Waals surface area contributed by atoms with Gasteiger partial charge in [0.2, 0.25) is 13.3 Å². The van der Waals surface area contributed by atoms with Gasteiger partial charge in [-0.25, -0.2) is 9.78 Å². The minimum Gasteiger partial charge on any atom is -0.481 e. The molecule has 2 heterocycles. The van der Waals surface area contributed by atoms with E-state index in [0.717, 1.165) is 5.56 Å². The Kier molecular flexibility index (Phi) is 9.15. The average molecular weight is 535 g/mol. The van der Waals surface area contributed by atoms with Crippen LogP contribution in [0.2, 0.25) is 0 Å². The number of aromatic amines is 1. The van der Waals surface area contributed by atoms with E-state index in [1.54, 1.807) is 45.0 Å². The third kappa shape index (κ3) is 8.16. The topological polar surface area (TPSA) is 162 Å². The maximum absolute atomic E-state index is 13.6. The fraction of sp³-hybridized carbons (Fsp3) is 0.520. The second-order valence-electron chi connectivity index (χ2n) is 10.3. The van der Waals surface area contributed by atoms with Crippen LogP contribution in [0.1, 0.15) is 44.9 Å². The lowest BCUT2D eigenvalue weighted by Gasteiger charge is -2.32. The number of amides is 2. The molecule has 3 rings (SSSR count). The standard InChI is InChI=1S/C25H35N4O7P/c1-25(2,3)36-24(33)28-20(13-19-14-26-16-27-19)22(30)29-11-7-10-21(29)37(34,35)15-18(23(31)32)12-17-8-5-4-6-9-17/h4-6,8-9,14,16,18,20-21H,7,10-13,15H2,1-3H3,(H,26,27)(H,28,33)(H,31,32)(H,34,35)/t18-,20+,21+/m1/s1. The molecule has 2 aromatic rings. The quantitative estimate of drug-likeness (QED) is 0.338. The molecule has 0 spiro atoms. The van der Waals surface area contributed by atoms with Crippen LogP contribution in [-0.4, -0.2) is 73.0 Å². The summed E-state index contributed by atoms with van der Waals surface area (Å²) in [5.74, 6) is -3.83. The van der Waals surface area contributed by atoms with E-state index in [4.69, 9.17) is 4.74 Å². The van der Waals surface area contributed by atoms with E-state index in [-0.39, 0.29) is 25.8 Å². The van der Waals surface area contributed by atoms with Crippen LogP contribution in [0.4, 0.5) is 4.79 Å². The summed E-state index contributed by atoms with van der Waals surface area (Å²) in [6.07, 6.45) is 2.65. The molecule has 1 aliphatic heterocycles. The van der Waals surface area contributed by atoms with Crippen molar-refractivity contribution in [3.05, 3.63) is 54.1 Å². The van der Waals surface area contributed by atoms with Gasteiger partial charge in [-0.3, -0.25) is 14.2 Å². The number of likely N-dealkylation sites (tertiary alicyclic amines) is 1. The van der Waals surface area contributed by atoms with Gasteiger partial charge in [0.05, 0.1) is 12.2 Å². The largest absolute Gasteiger partial charge is 0.481 e. The van der Waals surface area contributed by atoms with Crippen LogP contribution in [0, 0.1) is 5.92 Å². The summed E-state index contributed by atoms with van der Waals surface area (Å²) in [6, 6.07) is 7.83. The molecule has 11 nitrogen and oxygen atoms in total. The number of ether oxygens (including phenoxy) is 1. The molecule has 1 fully saturated rings. The highest BCUT2D eigenvalue weighted by molar-refractivity contribution is 7.58.